The van der Waals surface area contributed by atoms with Crippen LogP contribution in [0.3, 0.4) is 0 Å². The van der Waals surface area contributed by atoms with Gasteiger partial charge in [-0.1, -0.05) is 6.07 Å². The van der Waals surface area contributed by atoms with E-state index in [2.05, 4.69) is 9.88 Å². The summed E-state index contributed by atoms with van der Waals surface area (Å²) in [4.78, 5) is 6.75. The molecule has 23 heavy (non-hydrogen) atoms. The van der Waals surface area contributed by atoms with Crippen LogP contribution < -0.4 is 0 Å². The number of likely N-dealkylation sites (tertiary alicyclic amines) is 1. The van der Waals surface area contributed by atoms with Crippen molar-refractivity contribution in [3.05, 3.63) is 29.6 Å². The molecule has 2 atom stereocenters. The van der Waals surface area contributed by atoms with Crippen molar-refractivity contribution in [2.24, 2.45) is 0 Å². The van der Waals surface area contributed by atoms with Crippen molar-refractivity contribution in [1.29, 1.82) is 0 Å². The second-order valence-electron chi connectivity index (χ2n) is 6.34. The maximum Gasteiger partial charge on any atom is 0.281 e. The summed E-state index contributed by atoms with van der Waals surface area (Å²) in [5.41, 5.74) is 2.00. The molecule has 2 aliphatic heterocycles. The van der Waals surface area contributed by atoms with Crippen LogP contribution in [0.1, 0.15) is 11.4 Å². The van der Waals surface area contributed by atoms with Crippen LogP contribution in [0.2, 0.25) is 0 Å². The highest BCUT2D eigenvalue weighted by atomic mass is 32.2. The Morgan fingerprint density at radius 3 is 2.83 bits per heavy atom. The quantitative estimate of drug-likeness (QED) is 0.777. The van der Waals surface area contributed by atoms with Crippen molar-refractivity contribution in [2.75, 3.05) is 40.3 Å². The standard InChI is InChI=1S/C15H24N4O3S/c1-12-5-4-6-13(16-12)9-18-10-14-15(11-18)22-8-7-19(14)23(20,21)17(2)3/h4-6,14-15H,7-11H2,1-3H3/t14-,15+/m0/s1. The second kappa shape index (κ2) is 6.45. The Kier molecular flexibility index (Phi) is 4.70. The predicted octanol–water partition coefficient (Wildman–Crippen LogP) is 0.0814. The van der Waals surface area contributed by atoms with Gasteiger partial charge in [0.2, 0.25) is 0 Å². The van der Waals surface area contributed by atoms with E-state index in [1.54, 1.807) is 18.4 Å². The molecule has 3 rings (SSSR count). The lowest BCUT2D eigenvalue weighted by Crippen LogP contribution is -2.55. The first-order chi connectivity index (χ1) is 10.9. The Hall–Kier alpha value is -1.06. The molecule has 0 radical (unpaired) electrons. The van der Waals surface area contributed by atoms with Crippen LogP contribution in [-0.2, 0) is 21.5 Å². The van der Waals surface area contributed by atoms with E-state index in [0.29, 0.717) is 26.2 Å². The molecule has 2 aliphatic rings. The van der Waals surface area contributed by atoms with Gasteiger partial charge in [0, 0.05) is 46.0 Å². The van der Waals surface area contributed by atoms with Gasteiger partial charge in [0.15, 0.2) is 0 Å². The zero-order chi connectivity index (χ0) is 16.6. The van der Waals surface area contributed by atoms with E-state index in [1.807, 2.05) is 25.1 Å². The molecule has 7 nitrogen and oxygen atoms in total. The van der Waals surface area contributed by atoms with Gasteiger partial charge in [-0.05, 0) is 19.1 Å². The molecule has 8 heteroatoms. The number of fused-ring (bicyclic) bond motifs is 1. The van der Waals surface area contributed by atoms with Gasteiger partial charge in [-0.15, -0.1) is 0 Å². The number of nitrogens with zero attached hydrogens (tertiary/aromatic N) is 4. The highest BCUT2D eigenvalue weighted by Gasteiger charge is 2.45. The van der Waals surface area contributed by atoms with Gasteiger partial charge < -0.3 is 4.74 Å². The van der Waals surface area contributed by atoms with Crippen LogP contribution in [-0.4, -0.2) is 79.4 Å². The zero-order valence-electron chi connectivity index (χ0n) is 13.8. The van der Waals surface area contributed by atoms with Crippen molar-refractivity contribution < 1.29 is 13.2 Å². The molecule has 0 amide bonds. The number of morpholine rings is 1. The fourth-order valence-corrected chi connectivity index (χ4v) is 4.54. The summed E-state index contributed by atoms with van der Waals surface area (Å²) in [5, 5.41) is 0. The van der Waals surface area contributed by atoms with Crippen LogP contribution >= 0.6 is 0 Å². The predicted molar refractivity (Wildman–Crippen MR) is 87.1 cm³/mol. The number of ether oxygens (including phenoxy) is 1. The molecular weight excluding hydrogens is 316 g/mol. The van der Waals surface area contributed by atoms with Crippen molar-refractivity contribution in [3.63, 3.8) is 0 Å². The number of aromatic nitrogens is 1. The van der Waals surface area contributed by atoms with Gasteiger partial charge in [-0.2, -0.15) is 17.0 Å². The fourth-order valence-electron chi connectivity index (χ4n) is 3.27. The van der Waals surface area contributed by atoms with E-state index in [9.17, 15) is 8.42 Å². The zero-order valence-corrected chi connectivity index (χ0v) is 14.7. The summed E-state index contributed by atoms with van der Waals surface area (Å²) in [6.07, 6.45) is -0.0664. The number of hydrogen-bond acceptors (Lipinski definition) is 5. The lowest BCUT2D eigenvalue weighted by molar-refractivity contribution is -0.0176. The van der Waals surface area contributed by atoms with Crippen LogP contribution in [0, 0.1) is 6.92 Å². The van der Waals surface area contributed by atoms with Crippen LogP contribution in [0.25, 0.3) is 0 Å². The minimum absolute atomic E-state index is 0.0664. The minimum atomic E-state index is -3.41. The summed E-state index contributed by atoms with van der Waals surface area (Å²) in [7, 11) is -0.268. The fraction of sp³-hybridized carbons (Fsp3) is 0.667. The van der Waals surface area contributed by atoms with Gasteiger partial charge in [-0.25, -0.2) is 0 Å². The largest absolute Gasteiger partial charge is 0.374 e. The third-order valence-corrected chi connectivity index (χ3v) is 6.38. The lowest BCUT2D eigenvalue weighted by Gasteiger charge is -2.37. The average Bonchev–Trinajstić information content (AvgIpc) is 2.88. The molecule has 0 saturated carbocycles. The average molecular weight is 340 g/mol. The van der Waals surface area contributed by atoms with E-state index in [0.717, 1.165) is 17.9 Å². The molecular formula is C15H24N4O3S. The Labute approximate surface area is 138 Å². The summed E-state index contributed by atoms with van der Waals surface area (Å²) in [6, 6.07) is 5.85. The van der Waals surface area contributed by atoms with Crippen molar-refractivity contribution in [2.45, 2.75) is 25.6 Å². The Morgan fingerprint density at radius 2 is 2.13 bits per heavy atom. The van der Waals surface area contributed by atoms with Gasteiger partial charge in [0.05, 0.1) is 24.4 Å². The molecule has 2 fully saturated rings. The Morgan fingerprint density at radius 1 is 1.35 bits per heavy atom. The van der Waals surface area contributed by atoms with Gasteiger partial charge in [0.25, 0.3) is 10.2 Å². The van der Waals surface area contributed by atoms with E-state index >= 15 is 0 Å². The van der Waals surface area contributed by atoms with Crippen molar-refractivity contribution in [3.8, 4) is 0 Å². The molecule has 1 aromatic heterocycles. The maximum atomic E-state index is 12.5. The summed E-state index contributed by atoms with van der Waals surface area (Å²) >= 11 is 0. The molecule has 2 saturated heterocycles. The molecule has 0 aromatic carbocycles. The Bertz CT molecular complexity index is 664. The number of aryl methyl sites for hydroxylation is 1. The van der Waals surface area contributed by atoms with Crippen LogP contribution in [0.4, 0.5) is 0 Å². The van der Waals surface area contributed by atoms with Crippen molar-refractivity contribution in [1.82, 2.24) is 18.5 Å². The summed E-state index contributed by atoms with van der Waals surface area (Å²) in [6.45, 7) is 4.96. The smallest absolute Gasteiger partial charge is 0.281 e. The topological polar surface area (TPSA) is 66.0 Å². The Balaban J connectivity index is 1.73. The van der Waals surface area contributed by atoms with Crippen LogP contribution in [0.5, 0.6) is 0 Å². The molecule has 0 spiro atoms. The lowest BCUT2D eigenvalue weighted by atomic mass is 10.2. The number of pyridine rings is 1. The van der Waals surface area contributed by atoms with E-state index < -0.39 is 10.2 Å². The molecule has 0 bridgehead atoms. The van der Waals surface area contributed by atoms with E-state index in [4.69, 9.17) is 4.74 Å². The summed E-state index contributed by atoms with van der Waals surface area (Å²) < 4.78 is 33.7. The second-order valence-corrected chi connectivity index (χ2v) is 8.44. The van der Waals surface area contributed by atoms with Crippen molar-refractivity contribution >= 4 is 10.2 Å². The van der Waals surface area contributed by atoms with E-state index in [1.165, 1.54) is 4.31 Å². The summed E-state index contributed by atoms with van der Waals surface area (Å²) in [5.74, 6) is 0. The highest BCUT2D eigenvalue weighted by Crippen LogP contribution is 2.26. The monoisotopic (exact) mass is 340 g/mol. The van der Waals surface area contributed by atoms with Gasteiger partial charge >= 0.3 is 0 Å². The molecule has 1 aromatic rings. The SMILES string of the molecule is Cc1cccc(CN2C[C@H]3OCCN(S(=O)(=O)N(C)C)[C@H]3C2)n1. The maximum absolute atomic E-state index is 12.5. The number of rotatable bonds is 4. The van der Waals surface area contributed by atoms with Gasteiger partial charge in [-0.3, -0.25) is 9.88 Å². The first-order valence-corrected chi connectivity index (χ1v) is 9.23. The number of hydrogen-bond donors (Lipinski definition) is 0. The minimum Gasteiger partial charge on any atom is -0.374 e. The molecule has 0 unspecified atom stereocenters. The first kappa shape index (κ1) is 16.8. The third-order valence-electron chi connectivity index (χ3n) is 4.42. The molecule has 3 heterocycles. The highest BCUT2D eigenvalue weighted by molar-refractivity contribution is 7.86. The van der Waals surface area contributed by atoms with E-state index in [-0.39, 0.29) is 12.1 Å². The molecule has 0 aliphatic carbocycles. The normalized spacial score (nSPS) is 26.6. The van der Waals surface area contributed by atoms with Gasteiger partial charge in [0.1, 0.15) is 0 Å². The molecule has 128 valence electrons. The van der Waals surface area contributed by atoms with Crippen LogP contribution in [0.15, 0.2) is 18.2 Å². The molecule has 0 N–H and O–H groups in total. The first-order valence-electron chi connectivity index (χ1n) is 7.84. The third kappa shape index (κ3) is 3.41.